The highest BCUT2D eigenvalue weighted by atomic mass is 32.3. The number of rotatable bonds is 5. The van der Waals surface area contributed by atoms with Crippen molar-refractivity contribution >= 4 is 54.6 Å². The van der Waals surface area contributed by atoms with Crippen molar-refractivity contribution in [1.82, 2.24) is 5.01 Å². The molecule has 0 aliphatic carbocycles. The number of aliphatic imine (C=N–C) groups is 1. The molecule has 8 nitrogen and oxygen atoms in total. The molecule has 10 heteroatoms. The number of amides is 1. The number of carbonyl (C=O) groups excluding carboxylic acids is 1. The lowest BCUT2D eigenvalue weighted by molar-refractivity contribution is -0.114. The Bertz CT molecular complexity index is 1010. The van der Waals surface area contributed by atoms with E-state index in [1.807, 2.05) is 24.3 Å². The van der Waals surface area contributed by atoms with Crippen molar-refractivity contribution in [2.24, 2.45) is 10.1 Å². The van der Waals surface area contributed by atoms with Crippen LogP contribution >= 0.6 is 11.8 Å². The number of nitrogens with one attached hydrogen (secondary N) is 1. The van der Waals surface area contributed by atoms with E-state index in [9.17, 15) is 13.2 Å². The van der Waals surface area contributed by atoms with Crippen molar-refractivity contribution in [3.8, 4) is 0 Å². The number of hydrogen-bond acceptors (Lipinski definition) is 7. The van der Waals surface area contributed by atoms with E-state index in [-0.39, 0.29) is 26.7 Å². The number of fused-ring (bicyclic) bond motifs is 1. The Morgan fingerprint density at radius 2 is 1.82 bits per heavy atom. The van der Waals surface area contributed by atoms with Gasteiger partial charge in [-0.25, -0.2) is 8.42 Å². The number of hydrogen-bond donors (Lipinski definition) is 1. The highest BCUT2D eigenvalue weighted by Gasteiger charge is 2.39. The second kappa shape index (κ2) is 7.88. The van der Waals surface area contributed by atoms with Crippen LogP contribution in [0.4, 0.5) is 5.69 Å². The van der Waals surface area contributed by atoms with Crippen LogP contribution in [0.15, 0.2) is 39.9 Å². The van der Waals surface area contributed by atoms with Crippen molar-refractivity contribution in [3.05, 3.63) is 35.4 Å². The van der Waals surface area contributed by atoms with Gasteiger partial charge in [-0.05, 0) is 49.4 Å². The van der Waals surface area contributed by atoms with Gasteiger partial charge in [0.1, 0.15) is 0 Å². The van der Waals surface area contributed by atoms with E-state index in [4.69, 9.17) is 5.41 Å². The Hall–Kier alpha value is -2.46. The van der Waals surface area contributed by atoms with E-state index in [0.717, 1.165) is 41.1 Å². The summed E-state index contributed by atoms with van der Waals surface area (Å²) in [6.07, 6.45) is 1.57. The lowest BCUT2D eigenvalue weighted by atomic mass is 10.1. The third kappa shape index (κ3) is 3.74. The SMILES string of the molecule is CCN(CC)c1ccc(/C=C2/C(=N)N3N=C(S(=O)(=O)CC)SC3=NC2=O)cc1. The zero-order chi connectivity index (χ0) is 20.5. The zero-order valence-electron chi connectivity index (χ0n) is 15.8. The van der Waals surface area contributed by atoms with Gasteiger partial charge in [0.15, 0.2) is 5.84 Å². The van der Waals surface area contributed by atoms with Crippen LogP contribution in [-0.4, -0.2) is 53.6 Å². The molecule has 1 aromatic carbocycles. The Morgan fingerprint density at radius 3 is 2.39 bits per heavy atom. The average Bonchev–Trinajstić information content (AvgIpc) is 3.12. The van der Waals surface area contributed by atoms with Crippen LogP contribution in [0.5, 0.6) is 0 Å². The van der Waals surface area contributed by atoms with Crippen molar-refractivity contribution < 1.29 is 13.2 Å². The number of nitrogens with zero attached hydrogens (tertiary/aromatic N) is 4. The van der Waals surface area contributed by atoms with Crippen LogP contribution in [0, 0.1) is 5.41 Å². The number of benzene rings is 1. The fraction of sp³-hybridized carbons (Fsp3) is 0.333. The largest absolute Gasteiger partial charge is 0.372 e. The van der Waals surface area contributed by atoms with Crippen LogP contribution in [0.3, 0.4) is 0 Å². The first kappa shape index (κ1) is 20.3. The van der Waals surface area contributed by atoms with Gasteiger partial charge >= 0.3 is 0 Å². The molecular formula is C18H21N5O3S2. The molecule has 1 aromatic rings. The number of sulfone groups is 1. The molecule has 148 valence electrons. The van der Waals surface area contributed by atoms with Gasteiger partial charge in [0.05, 0.1) is 11.3 Å². The average molecular weight is 420 g/mol. The Kier molecular flexibility index (Phi) is 5.71. The standard InChI is InChI=1S/C18H21N5O3S2/c1-4-22(5-2)13-9-7-12(8-10-13)11-14-15(19)23-17(20-16(14)24)27-18(21-23)28(25,26)6-3/h7-11,19H,4-6H2,1-3H3/b14-11-,19-15?. The smallest absolute Gasteiger partial charge is 0.283 e. The van der Waals surface area contributed by atoms with E-state index in [1.54, 1.807) is 6.08 Å². The van der Waals surface area contributed by atoms with E-state index < -0.39 is 15.7 Å². The molecule has 2 heterocycles. The van der Waals surface area contributed by atoms with Crippen molar-refractivity contribution in [2.75, 3.05) is 23.7 Å². The number of hydrazone groups is 1. The molecule has 0 saturated carbocycles. The second-order valence-electron chi connectivity index (χ2n) is 6.05. The summed E-state index contributed by atoms with van der Waals surface area (Å²) in [5, 5.41) is 13.5. The van der Waals surface area contributed by atoms with Crippen LogP contribution in [0.1, 0.15) is 26.3 Å². The van der Waals surface area contributed by atoms with Crippen LogP contribution in [-0.2, 0) is 14.6 Å². The monoisotopic (exact) mass is 419 g/mol. The van der Waals surface area contributed by atoms with E-state index in [2.05, 4.69) is 28.8 Å². The quantitative estimate of drug-likeness (QED) is 0.735. The van der Waals surface area contributed by atoms with Crippen molar-refractivity contribution in [1.29, 1.82) is 5.41 Å². The summed E-state index contributed by atoms with van der Waals surface area (Å²) in [5.41, 5.74) is 1.89. The normalized spacial score (nSPS) is 18.2. The number of carbonyl (C=O) groups is 1. The maximum atomic E-state index is 12.4. The maximum absolute atomic E-state index is 12.4. The van der Waals surface area contributed by atoms with Crippen LogP contribution in [0.2, 0.25) is 0 Å². The van der Waals surface area contributed by atoms with Crippen LogP contribution < -0.4 is 4.90 Å². The van der Waals surface area contributed by atoms with Gasteiger partial charge in [-0.1, -0.05) is 19.1 Å². The molecule has 1 N–H and O–H groups in total. The number of anilines is 1. The molecule has 1 amide bonds. The molecule has 0 unspecified atom stereocenters. The minimum absolute atomic E-state index is 0.0684. The number of amidine groups is 2. The molecule has 2 aliphatic heterocycles. The summed E-state index contributed by atoms with van der Waals surface area (Å²) in [5.74, 6) is -0.874. The molecule has 0 fully saturated rings. The first-order valence-corrected chi connectivity index (χ1v) is 11.4. The molecule has 0 bridgehead atoms. The third-order valence-electron chi connectivity index (χ3n) is 4.41. The molecule has 0 radical (unpaired) electrons. The Balaban J connectivity index is 1.90. The number of thioether (sulfide) groups is 1. The van der Waals surface area contributed by atoms with Gasteiger partial charge < -0.3 is 4.90 Å². The van der Waals surface area contributed by atoms with Gasteiger partial charge in [-0.15, -0.1) is 5.10 Å². The lowest BCUT2D eigenvalue weighted by Crippen LogP contribution is -2.35. The van der Waals surface area contributed by atoms with Gasteiger partial charge in [0.2, 0.25) is 19.4 Å². The summed E-state index contributed by atoms with van der Waals surface area (Å²) < 4.78 is 23.9. The summed E-state index contributed by atoms with van der Waals surface area (Å²) in [7, 11) is -3.53. The highest BCUT2D eigenvalue weighted by Crippen LogP contribution is 2.30. The van der Waals surface area contributed by atoms with Gasteiger partial charge in [-0.2, -0.15) is 10.0 Å². The predicted octanol–water partition coefficient (Wildman–Crippen LogP) is 2.54. The second-order valence-corrected chi connectivity index (χ2v) is 9.46. The Morgan fingerprint density at radius 1 is 1.18 bits per heavy atom. The van der Waals surface area contributed by atoms with Gasteiger partial charge in [0, 0.05) is 18.8 Å². The topological polar surface area (TPSA) is 106 Å². The molecule has 0 spiro atoms. The molecule has 0 saturated heterocycles. The molecule has 2 aliphatic rings. The minimum atomic E-state index is -3.53. The predicted molar refractivity (Wildman–Crippen MR) is 114 cm³/mol. The highest BCUT2D eigenvalue weighted by molar-refractivity contribution is 8.42. The van der Waals surface area contributed by atoms with Crippen molar-refractivity contribution in [2.45, 2.75) is 20.8 Å². The minimum Gasteiger partial charge on any atom is -0.372 e. The van der Waals surface area contributed by atoms with E-state index in [1.165, 1.54) is 6.92 Å². The Labute approximate surface area is 168 Å². The summed E-state index contributed by atoms with van der Waals surface area (Å²) in [6.45, 7) is 7.47. The molecule has 3 rings (SSSR count). The maximum Gasteiger partial charge on any atom is 0.283 e. The summed E-state index contributed by atoms with van der Waals surface area (Å²) in [6, 6.07) is 7.66. The first-order chi connectivity index (χ1) is 13.3. The fourth-order valence-corrected chi connectivity index (χ4v) is 4.92. The van der Waals surface area contributed by atoms with Gasteiger partial charge in [-0.3, -0.25) is 10.2 Å². The summed E-state index contributed by atoms with van der Waals surface area (Å²) >= 11 is 0.796. The fourth-order valence-electron chi connectivity index (χ4n) is 2.76. The third-order valence-corrected chi connectivity index (χ3v) is 7.50. The molecule has 28 heavy (non-hydrogen) atoms. The molecule has 0 atom stereocenters. The van der Waals surface area contributed by atoms with E-state index >= 15 is 0 Å². The van der Waals surface area contributed by atoms with E-state index in [0.29, 0.717) is 0 Å². The zero-order valence-corrected chi connectivity index (χ0v) is 17.5. The van der Waals surface area contributed by atoms with Crippen molar-refractivity contribution in [3.63, 3.8) is 0 Å². The first-order valence-electron chi connectivity index (χ1n) is 8.88. The van der Waals surface area contributed by atoms with Crippen LogP contribution in [0.25, 0.3) is 6.08 Å². The van der Waals surface area contributed by atoms with Gasteiger partial charge in [0.25, 0.3) is 5.91 Å². The molecular weight excluding hydrogens is 398 g/mol. The lowest BCUT2D eigenvalue weighted by Gasteiger charge is -2.21. The summed E-state index contributed by atoms with van der Waals surface area (Å²) in [4.78, 5) is 18.5. The molecule has 0 aromatic heterocycles.